The first kappa shape index (κ1) is 15.0. The molecule has 1 unspecified atom stereocenters. The summed E-state index contributed by atoms with van der Waals surface area (Å²) in [5, 5.41) is 3.05. The average Bonchev–Trinajstić information content (AvgIpc) is 2.38. The van der Waals surface area contributed by atoms with Crippen LogP contribution < -0.4 is 10.1 Å². The van der Waals surface area contributed by atoms with Crippen LogP contribution >= 0.6 is 0 Å². The number of methoxy groups -OCH3 is 1. The van der Waals surface area contributed by atoms with Gasteiger partial charge in [0.25, 0.3) is 0 Å². The molecule has 0 bridgehead atoms. The van der Waals surface area contributed by atoms with Gasteiger partial charge in [0.1, 0.15) is 5.75 Å². The van der Waals surface area contributed by atoms with Gasteiger partial charge >= 0.3 is 0 Å². The lowest BCUT2D eigenvalue weighted by atomic mass is 10.2. The van der Waals surface area contributed by atoms with Crippen LogP contribution in [0.25, 0.3) is 0 Å². The van der Waals surface area contributed by atoms with Crippen LogP contribution in [-0.4, -0.2) is 34.4 Å². The largest absolute Gasteiger partial charge is 0.497 e. The van der Waals surface area contributed by atoms with Crippen LogP contribution in [0.2, 0.25) is 0 Å². The molecule has 1 atom stereocenters. The van der Waals surface area contributed by atoms with Gasteiger partial charge in [-0.2, -0.15) is 0 Å². The minimum Gasteiger partial charge on any atom is -0.497 e. The zero-order valence-electron chi connectivity index (χ0n) is 11.1. The minimum atomic E-state index is -3.24. The molecule has 0 spiro atoms. The van der Waals surface area contributed by atoms with Crippen molar-refractivity contribution in [1.82, 2.24) is 5.32 Å². The quantitative estimate of drug-likeness (QED) is 0.822. The Morgan fingerprint density at radius 1 is 1.28 bits per heavy atom. The van der Waals surface area contributed by atoms with Gasteiger partial charge in [0.15, 0.2) is 9.84 Å². The Kier molecular flexibility index (Phi) is 5.62. The molecule has 1 aromatic rings. The van der Waals surface area contributed by atoms with E-state index in [1.807, 2.05) is 6.92 Å². The van der Waals surface area contributed by atoms with Gasteiger partial charge in [-0.1, -0.05) is 13.3 Å². The first-order valence-corrected chi connectivity index (χ1v) is 7.72. The van der Waals surface area contributed by atoms with Crippen molar-refractivity contribution in [3.63, 3.8) is 0 Å². The molecule has 1 aromatic carbocycles. The van der Waals surface area contributed by atoms with Crippen LogP contribution in [0.5, 0.6) is 5.75 Å². The lowest BCUT2D eigenvalue weighted by molar-refractivity contribution is 0.414. The van der Waals surface area contributed by atoms with Gasteiger partial charge in [-0.15, -0.1) is 0 Å². The van der Waals surface area contributed by atoms with Crippen molar-refractivity contribution in [1.29, 1.82) is 0 Å². The fraction of sp³-hybridized carbons (Fsp3) is 0.538. The predicted octanol–water partition coefficient (Wildman–Crippen LogP) is 1.86. The maximum absolute atomic E-state index is 12.2. The molecule has 0 aliphatic rings. The van der Waals surface area contributed by atoms with Crippen LogP contribution in [0.1, 0.15) is 19.8 Å². The minimum absolute atomic E-state index is 0.00195. The smallest absolute Gasteiger partial charge is 0.179 e. The van der Waals surface area contributed by atoms with E-state index in [9.17, 15) is 8.42 Å². The Morgan fingerprint density at radius 3 is 2.33 bits per heavy atom. The molecule has 0 radical (unpaired) electrons. The van der Waals surface area contributed by atoms with Crippen LogP contribution in [0.15, 0.2) is 29.2 Å². The van der Waals surface area contributed by atoms with Gasteiger partial charge < -0.3 is 10.1 Å². The molecule has 0 fully saturated rings. The number of rotatable bonds is 7. The SMILES string of the molecule is CCCC(CS(=O)(=O)c1ccc(OC)cc1)NC. The van der Waals surface area contributed by atoms with Gasteiger partial charge in [0.2, 0.25) is 0 Å². The number of nitrogens with one attached hydrogen (secondary N) is 1. The Balaban J connectivity index is 2.84. The summed E-state index contributed by atoms with van der Waals surface area (Å²) in [6, 6.07) is 6.52. The number of hydrogen-bond donors (Lipinski definition) is 1. The number of hydrogen-bond acceptors (Lipinski definition) is 4. The highest BCUT2D eigenvalue weighted by Gasteiger charge is 2.19. The summed E-state index contributed by atoms with van der Waals surface area (Å²) < 4.78 is 29.4. The second-order valence-electron chi connectivity index (χ2n) is 4.23. The van der Waals surface area contributed by atoms with Crippen LogP contribution in [-0.2, 0) is 9.84 Å². The standard InChI is InChI=1S/C13H21NO3S/c1-4-5-11(14-2)10-18(15,16)13-8-6-12(17-3)7-9-13/h6-9,11,14H,4-5,10H2,1-3H3. The molecular weight excluding hydrogens is 250 g/mol. The van der Waals surface area contributed by atoms with E-state index in [4.69, 9.17) is 4.74 Å². The van der Waals surface area contributed by atoms with Crippen LogP contribution in [0.3, 0.4) is 0 Å². The Morgan fingerprint density at radius 2 is 1.89 bits per heavy atom. The summed E-state index contributed by atoms with van der Waals surface area (Å²) in [6.07, 6.45) is 1.82. The highest BCUT2D eigenvalue weighted by molar-refractivity contribution is 7.91. The van der Waals surface area contributed by atoms with E-state index in [1.165, 1.54) is 0 Å². The third-order valence-corrected chi connectivity index (χ3v) is 4.72. The fourth-order valence-corrected chi connectivity index (χ4v) is 3.41. The van der Waals surface area contributed by atoms with E-state index in [-0.39, 0.29) is 11.8 Å². The molecule has 0 aliphatic carbocycles. The lowest BCUT2D eigenvalue weighted by Gasteiger charge is -2.15. The first-order valence-electron chi connectivity index (χ1n) is 6.07. The van der Waals surface area contributed by atoms with Crippen molar-refractivity contribution in [3.05, 3.63) is 24.3 Å². The Bertz CT molecular complexity index is 454. The van der Waals surface area contributed by atoms with Gasteiger partial charge in [0, 0.05) is 6.04 Å². The molecule has 0 saturated carbocycles. The van der Waals surface area contributed by atoms with E-state index in [0.29, 0.717) is 10.6 Å². The second-order valence-corrected chi connectivity index (χ2v) is 6.27. The molecule has 0 aromatic heterocycles. The molecule has 0 saturated heterocycles. The van der Waals surface area contributed by atoms with Crippen molar-refractivity contribution < 1.29 is 13.2 Å². The maximum Gasteiger partial charge on any atom is 0.179 e. The highest BCUT2D eigenvalue weighted by Crippen LogP contribution is 2.17. The predicted molar refractivity (Wildman–Crippen MR) is 72.8 cm³/mol. The van der Waals surface area contributed by atoms with Crippen molar-refractivity contribution in [2.24, 2.45) is 0 Å². The fourth-order valence-electron chi connectivity index (χ4n) is 1.80. The Hall–Kier alpha value is -1.07. The Labute approximate surface area is 109 Å². The third kappa shape index (κ3) is 3.99. The van der Waals surface area contributed by atoms with Gasteiger partial charge in [-0.25, -0.2) is 8.42 Å². The molecule has 0 heterocycles. The van der Waals surface area contributed by atoms with Crippen LogP contribution in [0.4, 0.5) is 0 Å². The zero-order valence-corrected chi connectivity index (χ0v) is 12.0. The molecule has 1 N–H and O–H groups in total. The van der Waals surface area contributed by atoms with Crippen LogP contribution in [0, 0.1) is 0 Å². The number of ether oxygens (including phenoxy) is 1. The molecule has 0 amide bonds. The van der Waals surface area contributed by atoms with Gasteiger partial charge in [-0.05, 0) is 37.7 Å². The summed E-state index contributed by atoms with van der Waals surface area (Å²) in [7, 11) is 0.116. The van der Waals surface area contributed by atoms with Gasteiger partial charge in [0.05, 0.1) is 17.8 Å². The lowest BCUT2D eigenvalue weighted by Crippen LogP contribution is -2.32. The number of benzene rings is 1. The highest BCUT2D eigenvalue weighted by atomic mass is 32.2. The van der Waals surface area contributed by atoms with Gasteiger partial charge in [-0.3, -0.25) is 0 Å². The summed E-state index contributed by atoms with van der Waals surface area (Å²) in [6.45, 7) is 2.05. The monoisotopic (exact) mass is 271 g/mol. The number of sulfone groups is 1. The van der Waals surface area contributed by atoms with E-state index >= 15 is 0 Å². The average molecular weight is 271 g/mol. The van der Waals surface area contributed by atoms with Crippen molar-refractivity contribution in [3.8, 4) is 5.75 Å². The summed E-state index contributed by atoms with van der Waals surface area (Å²) in [5.74, 6) is 0.789. The first-order chi connectivity index (χ1) is 8.53. The van der Waals surface area contributed by atoms with E-state index < -0.39 is 9.84 Å². The van der Waals surface area contributed by atoms with E-state index in [1.54, 1.807) is 38.4 Å². The molecular formula is C13H21NO3S. The third-order valence-electron chi connectivity index (χ3n) is 2.88. The normalized spacial score (nSPS) is 13.3. The maximum atomic E-state index is 12.2. The van der Waals surface area contributed by atoms with E-state index in [0.717, 1.165) is 12.8 Å². The molecule has 0 aliphatic heterocycles. The summed E-state index contributed by atoms with van der Waals surface area (Å²) in [4.78, 5) is 0.347. The summed E-state index contributed by atoms with van der Waals surface area (Å²) >= 11 is 0. The molecule has 1 rings (SSSR count). The second kappa shape index (κ2) is 6.75. The molecule has 5 heteroatoms. The van der Waals surface area contributed by atoms with E-state index in [2.05, 4.69) is 5.32 Å². The van der Waals surface area contributed by atoms with Crippen molar-refractivity contribution in [2.75, 3.05) is 19.9 Å². The zero-order chi connectivity index (χ0) is 13.6. The molecule has 18 heavy (non-hydrogen) atoms. The topological polar surface area (TPSA) is 55.4 Å². The molecule has 4 nitrogen and oxygen atoms in total. The van der Waals surface area contributed by atoms with Crippen molar-refractivity contribution >= 4 is 9.84 Å². The van der Waals surface area contributed by atoms with Crippen molar-refractivity contribution in [2.45, 2.75) is 30.7 Å². The summed E-state index contributed by atoms with van der Waals surface area (Å²) in [5.41, 5.74) is 0. The molecule has 102 valence electrons.